The quantitative estimate of drug-likeness (QED) is 0.519. The fraction of sp³-hybridized carbons (Fsp3) is 0.500. The normalized spacial score (nSPS) is 39.5. The Hall–Kier alpha value is -0.760. The maximum Gasteiger partial charge on any atom is 0.0394 e. The van der Waals surface area contributed by atoms with Gasteiger partial charge < -0.3 is 11.5 Å². The largest absolute Gasteiger partial charge is 0.402 e. The smallest absolute Gasteiger partial charge is 0.0394 e. The van der Waals surface area contributed by atoms with Crippen LogP contribution in [-0.2, 0) is 0 Å². The summed E-state index contributed by atoms with van der Waals surface area (Å²) < 4.78 is 0. The summed E-state index contributed by atoms with van der Waals surface area (Å²) in [5, 5.41) is 0. The molecule has 0 bridgehead atoms. The molecule has 0 heterocycles. The van der Waals surface area contributed by atoms with Crippen LogP contribution < -0.4 is 11.5 Å². The van der Waals surface area contributed by atoms with Crippen LogP contribution in [0.5, 0.6) is 0 Å². The van der Waals surface area contributed by atoms with E-state index in [9.17, 15) is 0 Å². The van der Waals surface area contributed by atoms with Crippen molar-refractivity contribution in [2.24, 2.45) is 17.4 Å². The number of hydrogen-bond acceptors (Lipinski definition) is 2. The second-order valence-corrected chi connectivity index (χ2v) is 3.11. The van der Waals surface area contributed by atoms with Gasteiger partial charge >= 0.3 is 0 Å². The SMILES string of the molecule is CC1C(N)=CC=CC1(C)N. The minimum atomic E-state index is -0.265. The lowest BCUT2D eigenvalue weighted by molar-refractivity contribution is 0.431. The van der Waals surface area contributed by atoms with Gasteiger partial charge in [0.25, 0.3) is 0 Å². The van der Waals surface area contributed by atoms with Crippen molar-refractivity contribution >= 4 is 0 Å². The van der Waals surface area contributed by atoms with Gasteiger partial charge in [-0.1, -0.05) is 19.1 Å². The lowest BCUT2D eigenvalue weighted by atomic mass is 9.82. The predicted molar refractivity (Wildman–Crippen MR) is 43.2 cm³/mol. The van der Waals surface area contributed by atoms with Crippen molar-refractivity contribution in [3.63, 3.8) is 0 Å². The van der Waals surface area contributed by atoms with Crippen LogP contribution in [-0.4, -0.2) is 5.54 Å². The Morgan fingerprint density at radius 2 is 2.20 bits per heavy atom. The van der Waals surface area contributed by atoms with E-state index in [1.54, 1.807) is 0 Å². The molecule has 1 aliphatic rings. The van der Waals surface area contributed by atoms with Gasteiger partial charge in [-0.2, -0.15) is 0 Å². The highest BCUT2D eigenvalue weighted by atomic mass is 14.8. The highest BCUT2D eigenvalue weighted by Gasteiger charge is 2.26. The number of rotatable bonds is 0. The summed E-state index contributed by atoms with van der Waals surface area (Å²) in [5.41, 5.74) is 12.2. The first-order valence-corrected chi connectivity index (χ1v) is 3.48. The van der Waals surface area contributed by atoms with Gasteiger partial charge in [0.1, 0.15) is 0 Å². The maximum absolute atomic E-state index is 5.90. The van der Waals surface area contributed by atoms with Crippen LogP contribution >= 0.6 is 0 Å². The van der Waals surface area contributed by atoms with E-state index in [4.69, 9.17) is 11.5 Å². The molecule has 2 heteroatoms. The summed E-state index contributed by atoms with van der Waals surface area (Å²) in [5.74, 6) is 0.248. The molecule has 0 aliphatic heterocycles. The van der Waals surface area contributed by atoms with E-state index in [1.807, 2.05) is 32.1 Å². The third-order valence-electron chi connectivity index (χ3n) is 2.18. The summed E-state index contributed by atoms with van der Waals surface area (Å²) in [4.78, 5) is 0. The van der Waals surface area contributed by atoms with E-state index in [1.165, 1.54) is 0 Å². The zero-order valence-corrected chi connectivity index (χ0v) is 6.46. The van der Waals surface area contributed by atoms with Crippen molar-refractivity contribution in [1.29, 1.82) is 0 Å². The average molecular weight is 138 g/mol. The number of hydrogen-bond donors (Lipinski definition) is 2. The zero-order chi connectivity index (χ0) is 7.78. The summed E-state index contributed by atoms with van der Waals surface area (Å²) in [6.45, 7) is 4.02. The molecular formula is C8H14N2. The van der Waals surface area contributed by atoms with E-state index >= 15 is 0 Å². The van der Waals surface area contributed by atoms with Gasteiger partial charge in [-0.05, 0) is 13.0 Å². The molecule has 56 valence electrons. The first kappa shape index (κ1) is 7.35. The minimum Gasteiger partial charge on any atom is -0.402 e. The number of nitrogens with two attached hydrogens (primary N) is 2. The van der Waals surface area contributed by atoms with Crippen molar-refractivity contribution in [2.45, 2.75) is 19.4 Å². The van der Waals surface area contributed by atoms with E-state index < -0.39 is 0 Å². The van der Waals surface area contributed by atoms with Gasteiger partial charge in [-0.3, -0.25) is 0 Å². The van der Waals surface area contributed by atoms with Crippen molar-refractivity contribution in [1.82, 2.24) is 0 Å². The Morgan fingerprint density at radius 1 is 1.60 bits per heavy atom. The van der Waals surface area contributed by atoms with Crippen LogP contribution in [0.2, 0.25) is 0 Å². The van der Waals surface area contributed by atoms with E-state index in [0.29, 0.717) is 0 Å². The molecule has 1 rings (SSSR count). The van der Waals surface area contributed by atoms with Gasteiger partial charge in [-0.25, -0.2) is 0 Å². The van der Waals surface area contributed by atoms with Gasteiger partial charge in [0, 0.05) is 17.2 Å². The molecule has 1 aliphatic carbocycles. The summed E-state index contributed by atoms with van der Waals surface area (Å²) in [6, 6.07) is 0. The molecule has 0 fully saturated rings. The Kier molecular flexibility index (Phi) is 1.57. The molecule has 4 N–H and O–H groups in total. The van der Waals surface area contributed by atoms with Crippen molar-refractivity contribution in [2.75, 3.05) is 0 Å². The average Bonchev–Trinajstić information content (AvgIpc) is 1.83. The van der Waals surface area contributed by atoms with E-state index in [2.05, 4.69) is 0 Å². The Balaban J connectivity index is 2.89. The highest BCUT2D eigenvalue weighted by molar-refractivity contribution is 5.26. The molecule has 0 saturated heterocycles. The summed E-state index contributed by atoms with van der Waals surface area (Å²) in [7, 11) is 0. The number of allylic oxidation sites excluding steroid dienone is 2. The molecule has 10 heavy (non-hydrogen) atoms. The fourth-order valence-electron chi connectivity index (χ4n) is 1.01. The minimum absolute atomic E-state index is 0.248. The van der Waals surface area contributed by atoms with Gasteiger partial charge in [-0.15, -0.1) is 0 Å². The maximum atomic E-state index is 5.90. The molecule has 2 nitrogen and oxygen atoms in total. The van der Waals surface area contributed by atoms with Crippen LogP contribution in [0.15, 0.2) is 23.9 Å². The second kappa shape index (κ2) is 2.13. The van der Waals surface area contributed by atoms with E-state index in [-0.39, 0.29) is 11.5 Å². The molecule has 0 amide bonds. The Labute approximate surface area is 61.6 Å². The molecule has 0 saturated carbocycles. The lowest BCUT2D eigenvalue weighted by Crippen LogP contribution is -2.44. The first-order valence-electron chi connectivity index (χ1n) is 3.48. The van der Waals surface area contributed by atoms with Crippen molar-refractivity contribution < 1.29 is 0 Å². The molecular weight excluding hydrogens is 124 g/mol. The molecule has 2 unspecified atom stereocenters. The first-order chi connectivity index (χ1) is 4.54. The molecule has 2 atom stereocenters. The molecule has 0 spiro atoms. The molecule has 0 aromatic carbocycles. The van der Waals surface area contributed by atoms with Crippen LogP contribution in [0, 0.1) is 5.92 Å². The summed E-state index contributed by atoms with van der Waals surface area (Å²) >= 11 is 0. The van der Waals surface area contributed by atoms with E-state index in [0.717, 1.165) is 5.70 Å². The standard InChI is InChI=1S/C8H14N2/c1-6-7(9)4-3-5-8(6,2)10/h3-6H,9-10H2,1-2H3. The molecule has 0 aromatic rings. The molecule has 0 radical (unpaired) electrons. The Morgan fingerprint density at radius 3 is 2.60 bits per heavy atom. The molecule has 0 aromatic heterocycles. The zero-order valence-electron chi connectivity index (χ0n) is 6.46. The predicted octanol–water partition coefficient (Wildman–Crippen LogP) is 0.752. The van der Waals surface area contributed by atoms with Crippen LogP contribution in [0.25, 0.3) is 0 Å². The highest BCUT2D eigenvalue weighted by Crippen LogP contribution is 2.23. The second-order valence-electron chi connectivity index (χ2n) is 3.11. The van der Waals surface area contributed by atoms with Crippen LogP contribution in [0.1, 0.15) is 13.8 Å². The Bertz CT molecular complexity index is 189. The van der Waals surface area contributed by atoms with Crippen LogP contribution in [0.4, 0.5) is 0 Å². The van der Waals surface area contributed by atoms with Gasteiger partial charge in [0.05, 0.1) is 0 Å². The summed E-state index contributed by atoms with van der Waals surface area (Å²) in [6.07, 6.45) is 5.79. The van der Waals surface area contributed by atoms with Crippen molar-refractivity contribution in [3.05, 3.63) is 23.9 Å². The third-order valence-corrected chi connectivity index (χ3v) is 2.18. The lowest BCUT2D eigenvalue weighted by Gasteiger charge is -2.31. The van der Waals surface area contributed by atoms with Gasteiger partial charge in [0.15, 0.2) is 0 Å². The fourth-order valence-corrected chi connectivity index (χ4v) is 1.01. The topological polar surface area (TPSA) is 52.0 Å². The third kappa shape index (κ3) is 1.07. The van der Waals surface area contributed by atoms with Crippen molar-refractivity contribution in [3.8, 4) is 0 Å². The van der Waals surface area contributed by atoms with Gasteiger partial charge in [0.2, 0.25) is 0 Å². The monoisotopic (exact) mass is 138 g/mol. The van der Waals surface area contributed by atoms with Crippen LogP contribution in [0.3, 0.4) is 0 Å².